The molecule has 2 heterocycles. The van der Waals surface area contributed by atoms with Crippen LogP contribution in [0.15, 0.2) is 18.2 Å². The van der Waals surface area contributed by atoms with E-state index < -0.39 is 6.10 Å². The minimum atomic E-state index is -0.536. The van der Waals surface area contributed by atoms with Crippen LogP contribution < -0.4 is 4.90 Å². The van der Waals surface area contributed by atoms with Gasteiger partial charge in [-0.05, 0) is 31.5 Å². The van der Waals surface area contributed by atoms with Crippen molar-refractivity contribution in [1.82, 2.24) is 9.88 Å². The van der Waals surface area contributed by atoms with E-state index in [9.17, 15) is 9.90 Å². The molecular formula is C16H21N3O2S. The fourth-order valence-corrected chi connectivity index (χ4v) is 3.76. The van der Waals surface area contributed by atoms with Crippen molar-refractivity contribution in [2.75, 3.05) is 31.6 Å². The molecule has 1 aromatic carbocycles. The van der Waals surface area contributed by atoms with E-state index in [0.717, 1.165) is 33.9 Å². The van der Waals surface area contributed by atoms with Gasteiger partial charge in [-0.1, -0.05) is 0 Å². The fraction of sp³-hybridized carbons (Fsp3) is 0.500. The second kappa shape index (κ2) is 6.22. The van der Waals surface area contributed by atoms with Gasteiger partial charge in [0.2, 0.25) is 5.91 Å². The first-order chi connectivity index (χ1) is 10.5. The third-order valence-corrected chi connectivity index (χ3v) is 4.94. The molecule has 1 aliphatic rings. The second-order valence-electron chi connectivity index (χ2n) is 5.86. The summed E-state index contributed by atoms with van der Waals surface area (Å²) in [5.41, 5.74) is 2.07. The van der Waals surface area contributed by atoms with Gasteiger partial charge in [0, 0.05) is 38.8 Å². The Balaban J connectivity index is 1.64. The smallest absolute Gasteiger partial charge is 0.222 e. The first kappa shape index (κ1) is 15.2. The molecule has 22 heavy (non-hydrogen) atoms. The van der Waals surface area contributed by atoms with E-state index in [4.69, 9.17) is 0 Å². The van der Waals surface area contributed by atoms with Crippen molar-refractivity contribution in [3.05, 3.63) is 23.2 Å². The molecule has 1 aliphatic heterocycles. The number of benzene rings is 1. The number of anilines is 1. The molecule has 118 valence electrons. The summed E-state index contributed by atoms with van der Waals surface area (Å²) >= 11 is 1.68. The van der Waals surface area contributed by atoms with Gasteiger partial charge in [-0.3, -0.25) is 4.79 Å². The van der Waals surface area contributed by atoms with Crippen molar-refractivity contribution in [1.29, 1.82) is 0 Å². The number of carbonyl (C=O) groups is 1. The quantitative estimate of drug-likeness (QED) is 0.916. The summed E-state index contributed by atoms with van der Waals surface area (Å²) in [5, 5.41) is 11.3. The molecule has 1 unspecified atom stereocenters. The monoisotopic (exact) mass is 319 g/mol. The standard InChI is InChI=1S/C16H21N3O2S/c1-11-17-14-6-5-12(8-15(14)22-11)18(2)9-13(20)10-19-7-3-4-16(19)21/h5-6,8,13,20H,3-4,7,9-10H2,1-2H3. The van der Waals surface area contributed by atoms with E-state index in [2.05, 4.69) is 11.1 Å². The lowest BCUT2D eigenvalue weighted by molar-refractivity contribution is -0.128. The molecule has 1 fully saturated rings. The molecule has 5 nitrogen and oxygen atoms in total. The maximum absolute atomic E-state index is 11.6. The van der Waals surface area contributed by atoms with Crippen LogP contribution in [0.3, 0.4) is 0 Å². The van der Waals surface area contributed by atoms with Gasteiger partial charge in [0.15, 0.2) is 0 Å². The van der Waals surface area contributed by atoms with Crippen LogP contribution in [0.25, 0.3) is 10.2 Å². The number of aromatic nitrogens is 1. The zero-order chi connectivity index (χ0) is 15.7. The van der Waals surface area contributed by atoms with Crippen LogP contribution in [0.5, 0.6) is 0 Å². The maximum atomic E-state index is 11.6. The van der Waals surface area contributed by atoms with Gasteiger partial charge < -0.3 is 14.9 Å². The first-order valence-electron chi connectivity index (χ1n) is 7.57. The Kier molecular flexibility index (Phi) is 4.31. The summed E-state index contributed by atoms with van der Waals surface area (Å²) in [6, 6.07) is 6.14. The van der Waals surface area contributed by atoms with Crippen molar-refractivity contribution < 1.29 is 9.90 Å². The summed E-state index contributed by atoms with van der Waals surface area (Å²) in [6.45, 7) is 3.70. The van der Waals surface area contributed by atoms with Crippen molar-refractivity contribution in [3.63, 3.8) is 0 Å². The van der Waals surface area contributed by atoms with Crippen molar-refractivity contribution >= 4 is 33.1 Å². The van der Waals surface area contributed by atoms with Crippen LogP contribution in [0.2, 0.25) is 0 Å². The Morgan fingerprint density at radius 1 is 1.50 bits per heavy atom. The number of amides is 1. The topological polar surface area (TPSA) is 56.7 Å². The lowest BCUT2D eigenvalue weighted by atomic mass is 10.2. The van der Waals surface area contributed by atoms with Crippen LogP contribution in [0.1, 0.15) is 17.8 Å². The second-order valence-corrected chi connectivity index (χ2v) is 7.10. The Hall–Kier alpha value is -1.66. The van der Waals surface area contributed by atoms with E-state index in [0.29, 0.717) is 19.5 Å². The lowest BCUT2D eigenvalue weighted by Gasteiger charge is -2.26. The third kappa shape index (κ3) is 3.23. The average molecular weight is 319 g/mol. The van der Waals surface area contributed by atoms with Crippen LogP contribution in [-0.2, 0) is 4.79 Å². The van der Waals surface area contributed by atoms with Gasteiger partial charge in [0.05, 0.1) is 21.3 Å². The summed E-state index contributed by atoms with van der Waals surface area (Å²) in [6.07, 6.45) is 0.984. The predicted molar refractivity (Wildman–Crippen MR) is 89.4 cm³/mol. The Morgan fingerprint density at radius 3 is 3.05 bits per heavy atom. The third-order valence-electron chi connectivity index (χ3n) is 4.01. The van der Waals surface area contributed by atoms with Crippen LogP contribution >= 0.6 is 11.3 Å². The van der Waals surface area contributed by atoms with E-state index in [1.54, 1.807) is 16.2 Å². The molecule has 0 saturated carbocycles. The number of aliphatic hydroxyl groups excluding tert-OH is 1. The van der Waals surface area contributed by atoms with Crippen LogP contribution in [-0.4, -0.2) is 53.7 Å². The molecule has 2 aromatic rings. The number of hydrogen-bond donors (Lipinski definition) is 1. The van der Waals surface area contributed by atoms with Gasteiger partial charge >= 0.3 is 0 Å². The number of thiazole rings is 1. The highest BCUT2D eigenvalue weighted by molar-refractivity contribution is 7.18. The Bertz CT molecular complexity index is 685. The van der Waals surface area contributed by atoms with E-state index >= 15 is 0 Å². The van der Waals surface area contributed by atoms with Crippen molar-refractivity contribution in [2.45, 2.75) is 25.9 Å². The molecule has 1 atom stereocenters. The summed E-state index contributed by atoms with van der Waals surface area (Å²) in [7, 11) is 1.96. The number of carbonyl (C=O) groups excluding carboxylic acids is 1. The molecule has 1 N–H and O–H groups in total. The van der Waals surface area contributed by atoms with Gasteiger partial charge in [0.25, 0.3) is 0 Å². The number of rotatable bonds is 5. The van der Waals surface area contributed by atoms with Gasteiger partial charge in [-0.25, -0.2) is 4.98 Å². The molecule has 0 bridgehead atoms. The van der Waals surface area contributed by atoms with Gasteiger partial charge in [0.1, 0.15) is 0 Å². The number of hydrogen-bond acceptors (Lipinski definition) is 5. The average Bonchev–Trinajstić information content (AvgIpc) is 3.03. The maximum Gasteiger partial charge on any atom is 0.222 e. The van der Waals surface area contributed by atoms with Gasteiger partial charge in [-0.15, -0.1) is 11.3 Å². The number of fused-ring (bicyclic) bond motifs is 1. The van der Waals surface area contributed by atoms with Crippen LogP contribution in [0.4, 0.5) is 5.69 Å². The molecule has 1 aromatic heterocycles. The fourth-order valence-electron chi connectivity index (χ4n) is 2.90. The predicted octanol–water partition coefficient (Wildman–Crippen LogP) is 2.02. The molecule has 0 aliphatic carbocycles. The summed E-state index contributed by atoms with van der Waals surface area (Å²) < 4.78 is 1.16. The molecular weight excluding hydrogens is 298 g/mol. The summed E-state index contributed by atoms with van der Waals surface area (Å²) in [4.78, 5) is 19.9. The SMILES string of the molecule is Cc1nc2ccc(N(C)CC(O)CN3CCCC3=O)cc2s1. The molecule has 6 heteroatoms. The van der Waals surface area contributed by atoms with Gasteiger partial charge in [-0.2, -0.15) is 0 Å². The zero-order valence-corrected chi connectivity index (χ0v) is 13.8. The molecule has 1 saturated heterocycles. The minimum absolute atomic E-state index is 0.156. The normalized spacial score (nSPS) is 16.5. The van der Waals surface area contributed by atoms with Crippen LogP contribution in [0, 0.1) is 6.92 Å². The van der Waals surface area contributed by atoms with E-state index in [1.165, 1.54) is 0 Å². The number of aliphatic hydroxyl groups is 1. The highest BCUT2D eigenvalue weighted by Crippen LogP contribution is 2.26. The molecule has 3 rings (SSSR count). The largest absolute Gasteiger partial charge is 0.389 e. The summed E-state index contributed by atoms with van der Waals surface area (Å²) in [5.74, 6) is 0.156. The molecule has 1 amide bonds. The zero-order valence-electron chi connectivity index (χ0n) is 13.0. The minimum Gasteiger partial charge on any atom is -0.389 e. The first-order valence-corrected chi connectivity index (χ1v) is 8.39. The molecule has 0 spiro atoms. The number of aryl methyl sites for hydroxylation is 1. The highest BCUT2D eigenvalue weighted by Gasteiger charge is 2.23. The molecule has 0 radical (unpaired) electrons. The van der Waals surface area contributed by atoms with Crippen molar-refractivity contribution in [2.24, 2.45) is 0 Å². The Labute approximate surface area is 134 Å². The Morgan fingerprint density at radius 2 is 2.32 bits per heavy atom. The lowest BCUT2D eigenvalue weighted by Crippen LogP contribution is -2.39. The number of β-amino-alcohol motifs (C(OH)–C–C–N with tert-alkyl or cyclic N) is 1. The highest BCUT2D eigenvalue weighted by atomic mass is 32.1. The number of nitrogens with zero attached hydrogens (tertiary/aromatic N) is 3. The number of likely N-dealkylation sites (N-methyl/N-ethyl adjacent to an activating group) is 1. The van der Waals surface area contributed by atoms with Crippen molar-refractivity contribution in [3.8, 4) is 0 Å². The van der Waals surface area contributed by atoms with E-state index in [1.807, 2.05) is 31.0 Å². The number of likely N-dealkylation sites (tertiary alicyclic amines) is 1. The van der Waals surface area contributed by atoms with E-state index in [-0.39, 0.29) is 5.91 Å².